The van der Waals surface area contributed by atoms with Gasteiger partial charge in [0.05, 0.1) is 0 Å². The zero-order valence-corrected chi connectivity index (χ0v) is 13.0. The molecule has 0 amide bonds. The van der Waals surface area contributed by atoms with E-state index in [0.29, 0.717) is 21.2 Å². The highest BCUT2D eigenvalue weighted by Crippen LogP contribution is 2.27. The topological polar surface area (TPSA) is 29.1 Å². The van der Waals surface area contributed by atoms with Crippen molar-refractivity contribution in [1.29, 1.82) is 0 Å². The van der Waals surface area contributed by atoms with Crippen LogP contribution in [0.5, 0.6) is 0 Å². The zero-order chi connectivity index (χ0) is 14.8. The normalized spacial score (nSPS) is 13.4. The molecule has 0 radical (unpaired) electrons. The molecule has 0 spiro atoms. The second-order valence-electron chi connectivity index (χ2n) is 5.20. The number of rotatable bonds is 3. The first-order valence-corrected chi connectivity index (χ1v) is 7.73. The second-order valence-corrected chi connectivity index (χ2v) is 6.02. The predicted octanol–water partition coefficient (Wildman–Crippen LogP) is 4.78. The van der Waals surface area contributed by atoms with Crippen LogP contribution in [0.3, 0.4) is 0 Å². The number of fused-ring (bicyclic) bond motifs is 1. The summed E-state index contributed by atoms with van der Waals surface area (Å²) in [4.78, 5) is 12.5. The third kappa shape index (κ3) is 3.07. The van der Waals surface area contributed by atoms with Gasteiger partial charge in [-0.15, -0.1) is 0 Å². The molecule has 108 valence electrons. The van der Waals surface area contributed by atoms with Gasteiger partial charge in [0, 0.05) is 34.3 Å². The monoisotopic (exact) mass is 319 g/mol. The fourth-order valence-corrected chi connectivity index (χ4v) is 3.14. The molecule has 2 aromatic carbocycles. The van der Waals surface area contributed by atoms with Crippen LogP contribution >= 0.6 is 23.2 Å². The lowest BCUT2D eigenvalue weighted by Crippen LogP contribution is -2.13. The summed E-state index contributed by atoms with van der Waals surface area (Å²) in [5.41, 5.74) is 3.75. The van der Waals surface area contributed by atoms with Crippen LogP contribution in [-0.2, 0) is 12.8 Å². The van der Waals surface area contributed by atoms with E-state index in [2.05, 4.69) is 5.32 Å². The molecule has 0 bridgehead atoms. The lowest BCUT2D eigenvalue weighted by Gasteiger charge is -2.18. The molecule has 2 nitrogen and oxygen atoms in total. The van der Waals surface area contributed by atoms with Crippen molar-refractivity contribution in [3.05, 3.63) is 63.1 Å². The molecule has 0 aliphatic carbocycles. The third-order valence-corrected chi connectivity index (χ3v) is 4.47. The number of halogens is 2. The van der Waals surface area contributed by atoms with Crippen LogP contribution in [0.4, 0.5) is 5.69 Å². The minimum absolute atomic E-state index is 0.0402. The molecule has 0 atom stereocenters. The van der Waals surface area contributed by atoms with E-state index in [9.17, 15) is 4.79 Å². The molecule has 0 saturated carbocycles. The molecule has 0 fully saturated rings. The van der Waals surface area contributed by atoms with Gasteiger partial charge in [-0.05, 0) is 54.3 Å². The van der Waals surface area contributed by atoms with Crippen LogP contribution in [0.15, 0.2) is 36.4 Å². The van der Waals surface area contributed by atoms with Gasteiger partial charge in [-0.25, -0.2) is 0 Å². The molecule has 0 saturated heterocycles. The average molecular weight is 320 g/mol. The molecule has 1 aliphatic rings. The van der Waals surface area contributed by atoms with E-state index in [4.69, 9.17) is 23.2 Å². The first kappa shape index (κ1) is 14.4. The van der Waals surface area contributed by atoms with Crippen LogP contribution < -0.4 is 5.32 Å². The van der Waals surface area contributed by atoms with Gasteiger partial charge in [0.15, 0.2) is 5.78 Å². The van der Waals surface area contributed by atoms with Gasteiger partial charge in [0.2, 0.25) is 0 Å². The van der Waals surface area contributed by atoms with Crippen LogP contribution in [0.1, 0.15) is 27.9 Å². The number of anilines is 1. The Morgan fingerprint density at radius 3 is 2.67 bits per heavy atom. The SMILES string of the molecule is O=C(Cc1c(Cl)cccc1Cl)c1ccc2c(c1)CCCN2. The molecule has 21 heavy (non-hydrogen) atoms. The highest BCUT2D eigenvalue weighted by Gasteiger charge is 2.15. The maximum Gasteiger partial charge on any atom is 0.167 e. The number of ketones is 1. The summed E-state index contributed by atoms with van der Waals surface area (Å²) < 4.78 is 0. The van der Waals surface area contributed by atoms with E-state index < -0.39 is 0 Å². The Morgan fingerprint density at radius 1 is 1.14 bits per heavy atom. The van der Waals surface area contributed by atoms with E-state index in [-0.39, 0.29) is 12.2 Å². The first-order chi connectivity index (χ1) is 10.1. The zero-order valence-electron chi connectivity index (χ0n) is 11.5. The smallest absolute Gasteiger partial charge is 0.167 e. The number of carbonyl (C=O) groups is 1. The van der Waals surface area contributed by atoms with Crippen molar-refractivity contribution in [2.45, 2.75) is 19.3 Å². The number of nitrogens with one attached hydrogen (secondary N) is 1. The van der Waals surface area contributed by atoms with E-state index in [0.717, 1.165) is 25.1 Å². The Kier molecular flexibility index (Phi) is 4.18. The first-order valence-electron chi connectivity index (χ1n) is 6.98. The van der Waals surface area contributed by atoms with Crippen molar-refractivity contribution in [2.24, 2.45) is 0 Å². The quantitative estimate of drug-likeness (QED) is 0.825. The second kappa shape index (κ2) is 6.08. The van der Waals surface area contributed by atoms with Crippen LogP contribution in [0, 0.1) is 0 Å². The van der Waals surface area contributed by atoms with Crippen LogP contribution in [-0.4, -0.2) is 12.3 Å². The van der Waals surface area contributed by atoms with E-state index in [1.807, 2.05) is 18.2 Å². The van der Waals surface area contributed by atoms with Crippen molar-refractivity contribution in [1.82, 2.24) is 0 Å². The van der Waals surface area contributed by atoms with Gasteiger partial charge in [-0.3, -0.25) is 4.79 Å². The van der Waals surface area contributed by atoms with Gasteiger partial charge in [0.25, 0.3) is 0 Å². The minimum atomic E-state index is 0.0402. The standard InChI is InChI=1S/C17H15Cl2NO/c18-14-4-1-5-15(19)13(14)10-17(21)12-6-7-16-11(9-12)3-2-8-20-16/h1,4-7,9,20H,2-3,8,10H2. The molecular weight excluding hydrogens is 305 g/mol. The molecule has 0 aromatic heterocycles. The molecule has 1 heterocycles. The third-order valence-electron chi connectivity index (χ3n) is 3.76. The molecule has 0 unspecified atom stereocenters. The number of benzene rings is 2. The van der Waals surface area contributed by atoms with Crippen molar-refractivity contribution in [3.8, 4) is 0 Å². The Balaban J connectivity index is 1.86. The molecule has 2 aromatic rings. The largest absolute Gasteiger partial charge is 0.385 e. The van der Waals surface area contributed by atoms with Crippen molar-refractivity contribution in [3.63, 3.8) is 0 Å². The van der Waals surface area contributed by atoms with Crippen LogP contribution in [0.2, 0.25) is 10.0 Å². The lowest BCUT2D eigenvalue weighted by molar-refractivity contribution is 0.0993. The van der Waals surface area contributed by atoms with Crippen LogP contribution in [0.25, 0.3) is 0 Å². The highest BCUT2D eigenvalue weighted by atomic mass is 35.5. The number of aryl methyl sites for hydroxylation is 1. The Morgan fingerprint density at radius 2 is 1.90 bits per heavy atom. The highest BCUT2D eigenvalue weighted by molar-refractivity contribution is 6.36. The van der Waals surface area contributed by atoms with E-state index in [1.165, 1.54) is 5.56 Å². The summed E-state index contributed by atoms with van der Waals surface area (Å²) in [6.07, 6.45) is 2.34. The summed E-state index contributed by atoms with van der Waals surface area (Å²) in [6, 6.07) is 11.1. The maximum atomic E-state index is 12.5. The molecular formula is C17H15Cl2NO. The van der Waals surface area contributed by atoms with Gasteiger partial charge in [-0.2, -0.15) is 0 Å². The summed E-state index contributed by atoms with van der Waals surface area (Å²) in [5.74, 6) is 0.0402. The fourth-order valence-electron chi connectivity index (χ4n) is 2.61. The van der Waals surface area contributed by atoms with Gasteiger partial charge >= 0.3 is 0 Å². The summed E-state index contributed by atoms with van der Waals surface area (Å²) >= 11 is 12.3. The number of hydrogen-bond acceptors (Lipinski definition) is 2. The number of hydrogen-bond donors (Lipinski definition) is 1. The summed E-state index contributed by atoms with van der Waals surface area (Å²) in [7, 11) is 0. The number of carbonyl (C=O) groups excluding carboxylic acids is 1. The number of Topliss-reactive ketones (excluding diaryl/α,β-unsaturated/α-hetero) is 1. The summed E-state index contributed by atoms with van der Waals surface area (Å²) in [6.45, 7) is 0.996. The van der Waals surface area contributed by atoms with Gasteiger partial charge < -0.3 is 5.32 Å². The lowest BCUT2D eigenvalue weighted by atomic mass is 9.97. The van der Waals surface area contributed by atoms with Crippen molar-refractivity contribution in [2.75, 3.05) is 11.9 Å². The van der Waals surface area contributed by atoms with Crippen molar-refractivity contribution < 1.29 is 4.79 Å². The molecule has 3 rings (SSSR count). The van der Waals surface area contributed by atoms with E-state index in [1.54, 1.807) is 18.2 Å². The molecule has 1 aliphatic heterocycles. The van der Waals surface area contributed by atoms with Gasteiger partial charge in [0.1, 0.15) is 0 Å². The predicted molar refractivity (Wildman–Crippen MR) is 87.7 cm³/mol. The Bertz CT molecular complexity index is 677. The molecule has 4 heteroatoms. The summed E-state index contributed by atoms with van der Waals surface area (Å²) in [5, 5.41) is 4.42. The Labute approximate surface area is 134 Å². The van der Waals surface area contributed by atoms with E-state index >= 15 is 0 Å². The fraction of sp³-hybridized carbons (Fsp3) is 0.235. The minimum Gasteiger partial charge on any atom is -0.385 e. The van der Waals surface area contributed by atoms with Crippen molar-refractivity contribution >= 4 is 34.7 Å². The maximum absolute atomic E-state index is 12.5. The average Bonchev–Trinajstić information content (AvgIpc) is 2.50. The van der Waals surface area contributed by atoms with Gasteiger partial charge in [-0.1, -0.05) is 29.3 Å². The Hall–Kier alpha value is -1.51. The molecule has 1 N–H and O–H groups in total.